The van der Waals surface area contributed by atoms with Gasteiger partial charge >= 0.3 is 0 Å². The van der Waals surface area contributed by atoms with Crippen molar-refractivity contribution in [2.24, 2.45) is 0 Å². The van der Waals surface area contributed by atoms with Gasteiger partial charge in [0.2, 0.25) is 5.79 Å². The SMILES string of the molecule is [CH2]CC(O)(O)C(=O)CCCCCCC/C=C\CCCCCCCC. The summed E-state index contributed by atoms with van der Waals surface area (Å²) < 4.78 is 0. The van der Waals surface area contributed by atoms with Crippen molar-refractivity contribution >= 4 is 5.78 Å². The van der Waals surface area contributed by atoms with E-state index in [9.17, 15) is 15.0 Å². The third kappa shape index (κ3) is 13.7. The van der Waals surface area contributed by atoms with E-state index in [-0.39, 0.29) is 12.8 Å². The lowest BCUT2D eigenvalue weighted by molar-refractivity contribution is -0.181. The molecule has 0 aromatic rings. The lowest BCUT2D eigenvalue weighted by atomic mass is 10.0. The van der Waals surface area contributed by atoms with Crippen molar-refractivity contribution in [2.45, 2.75) is 109 Å². The van der Waals surface area contributed by atoms with Gasteiger partial charge in [0.25, 0.3) is 0 Å². The standard InChI is InChI=1S/C21H39O3/c1-3-5-6-7-8-9-10-11-12-13-14-15-16-17-18-19-20(22)21(23,24)4-2/h11-12,23-24H,2-10,13-19H2,1H3/b12-11-. The van der Waals surface area contributed by atoms with Crippen molar-refractivity contribution in [2.75, 3.05) is 0 Å². The van der Waals surface area contributed by atoms with Gasteiger partial charge in [0.1, 0.15) is 0 Å². The van der Waals surface area contributed by atoms with Crippen LogP contribution in [0.15, 0.2) is 12.2 Å². The molecule has 0 fully saturated rings. The molecule has 0 aliphatic rings. The predicted molar refractivity (Wildman–Crippen MR) is 102 cm³/mol. The van der Waals surface area contributed by atoms with Crippen LogP contribution in [0.2, 0.25) is 0 Å². The molecule has 0 saturated carbocycles. The minimum atomic E-state index is -2.22. The summed E-state index contributed by atoms with van der Waals surface area (Å²) in [7, 11) is 0. The highest BCUT2D eigenvalue weighted by Gasteiger charge is 2.29. The maximum atomic E-state index is 11.5. The second-order valence-corrected chi connectivity index (χ2v) is 6.82. The monoisotopic (exact) mass is 339 g/mol. The highest BCUT2D eigenvalue weighted by molar-refractivity contribution is 5.85. The normalized spacial score (nSPS) is 12.2. The number of ketones is 1. The van der Waals surface area contributed by atoms with E-state index in [0.717, 1.165) is 25.7 Å². The quantitative estimate of drug-likeness (QED) is 0.209. The van der Waals surface area contributed by atoms with Crippen molar-refractivity contribution in [1.29, 1.82) is 0 Å². The van der Waals surface area contributed by atoms with Gasteiger partial charge in [0.15, 0.2) is 5.78 Å². The Morgan fingerprint density at radius 3 is 1.79 bits per heavy atom. The number of carbonyl (C=O) groups excluding carboxylic acids is 1. The average molecular weight is 340 g/mol. The van der Waals surface area contributed by atoms with Crippen LogP contribution < -0.4 is 0 Å². The van der Waals surface area contributed by atoms with Gasteiger partial charge in [-0.25, -0.2) is 0 Å². The van der Waals surface area contributed by atoms with Gasteiger partial charge in [0, 0.05) is 12.8 Å². The number of rotatable bonds is 17. The molecule has 0 spiro atoms. The van der Waals surface area contributed by atoms with Gasteiger partial charge in [-0.2, -0.15) is 0 Å². The molecule has 3 heteroatoms. The average Bonchev–Trinajstić information content (AvgIpc) is 2.58. The van der Waals surface area contributed by atoms with E-state index in [0.29, 0.717) is 0 Å². The summed E-state index contributed by atoms with van der Waals surface area (Å²) in [5, 5.41) is 18.7. The molecular formula is C21H39O3. The summed E-state index contributed by atoms with van der Waals surface area (Å²) in [6, 6.07) is 0. The molecule has 141 valence electrons. The van der Waals surface area contributed by atoms with E-state index in [1.54, 1.807) is 0 Å². The molecular weight excluding hydrogens is 300 g/mol. The molecule has 0 saturated heterocycles. The van der Waals surface area contributed by atoms with Crippen LogP contribution in [0.4, 0.5) is 0 Å². The van der Waals surface area contributed by atoms with Crippen molar-refractivity contribution in [1.82, 2.24) is 0 Å². The summed E-state index contributed by atoms with van der Waals surface area (Å²) in [4.78, 5) is 11.5. The number of carbonyl (C=O) groups is 1. The Labute approximate surface area is 149 Å². The molecule has 24 heavy (non-hydrogen) atoms. The second kappa shape index (κ2) is 15.8. The summed E-state index contributed by atoms with van der Waals surface area (Å²) in [6.07, 6.45) is 20.4. The zero-order valence-electron chi connectivity index (χ0n) is 15.8. The van der Waals surface area contributed by atoms with Gasteiger partial charge in [-0.3, -0.25) is 4.79 Å². The molecule has 0 heterocycles. The Hall–Kier alpha value is -0.670. The smallest absolute Gasteiger partial charge is 0.223 e. The maximum absolute atomic E-state index is 11.5. The van der Waals surface area contributed by atoms with Crippen LogP contribution in [-0.2, 0) is 4.79 Å². The maximum Gasteiger partial charge on any atom is 0.223 e. The summed E-state index contributed by atoms with van der Waals surface area (Å²) in [6.45, 7) is 5.62. The van der Waals surface area contributed by atoms with Crippen LogP contribution in [0.1, 0.15) is 103 Å². The Morgan fingerprint density at radius 2 is 1.29 bits per heavy atom. The molecule has 0 aromatic heterocycles. The van der Waals surface area contributed by atoms with Crippen LogP contribution >= 0.6 is 0 Å². The zero-order chi connectivity index (χ0) is 18.1. The molecule has 2 N–H and O–H groups in total. The summed E-state index contributed by atoms with van der Waals surface area (Å²) >= 11 is 0. The highest BCUT2D eigenvalue weighted by atomic mass is 16.5. The second-order valence-electron chi connectivity index (χ2n) is 6.82. The van der Waals surface area contributed by atoms with Gasteiger partial charge in [0.05, 0.1) is 0 Å². The van der Waals surface area contributed by atoms with Crippen LogP contribution in [0.5, 0.6) is 0 Å². The van der Waals surface area contributed by atoms with E-state index in [2.05, 4.69) is 26.0 Å². The topological polar surface area (TPSA) is 57.5 Å². The van der Waals surface area contributed by atoms with E-state index in [1.165, 1.54) is 57.8 Å². The van der Waals surface area contributed by atoms with Crippen LogP contribution in [0, 0.1) is 6.92 Å². The van der Waals surface area contributed by atoms with Crippen molar-refractivity contribution in [3.05, 3.63) is 19.1 Å². The van der Waals surface area contributed by atoms with E-state index in [4.69, 9.17) is 0 Å². The number of hydrogen-bond donors (Lipinski definition) is 2. The third-order valence-corrected chi connectivity index (χ3v) is 4.46. The summed E-state index contributed by atoms with van der Waals surface area (Å²) in [5.74, 6) is -2.73. The first kappa shape index (κ1) is 23.3. The molecule has 0 bridgehead atoms. The lowest BCUT2D eigenvalue weighted by Crippen LogP contribution is -2.37. The molecule has 0 atom stereocenters. The first-order chi connectivity index (χ1) is 11.5. The minimum Gasteiger partial charge on any atom is -0.360 e. The molecule has 0 aromatic carbocycles. The fourth-order valence-corrected chi connectivity index (χ4v) is 2.70. The van der Waals surface area contributed by atoms with Gasteiger partial charge in [-0.1, -0.05) is 70.4 Å². The number of hydrogen-bond acceptors (Lipinski definition) is 3. The Bertz CT molecular complexity index is 321. The first-order valence-electron chi connectivity index (χ1n) is 9.97. The van der Waals surface area contributed by atoms with E-state index < -0.39 is 11.6 Å². The Morgan fingerprint density at radius 1 is 0.833 bits per heavy atom. The molecule has 0 aliphatic heterocycles. The van der Waals surface area contributed by atoms with Crippen molar-refractivity contribution in [3.8, 4) is 0 Å². The lowest BCUT2D eigenvalue weighted by Gasteiger charge is -2.17. The molecule has 1 radical (unpaired) electrons. The minimum absolute atomic E-state index is 0.184. The molecule has 3 nitrogen and oxygen atoms in total. The van der Waals surface area contributed by atoms with Gasteiger partial charge in [-0.05, 0) is 39.0 Å². The van der Waals surface area contributed by atoms with Gasteiger partial charge in [-0.15, -0.1) is 0 Å². The fraction of sp³-hybridized carbons (Fsp3) is 0.810. The predicted octanol–water partition coefficient (Wildman–Crippen LogP) is 5.50. The first-order valence-corrected chi connectivity index (χ1v) is 9.97. The van der Waals surface area contributed by atoms with Crippen LogP contribution in [-0.4, -0.2) is 21.8 Å². The Balaban J connectivity index is 3.30. The van der Waals surface area contributed by atoms with E-state index >= 15 is 0 Å². The zero-order valence-corrected chi connectivity index (χ0v) is 15.8. The fourth-order valence-electron chi connectivity index (χ4n) is 2.70. The number of Topliss-reactive ketones (excluding diaryl/α,β-unsaturated/α-hetero) is 1. The number of allylic oxidation sites excluding steroid dienone is 2. The number of aliphatic hydroxyl groups is 2. The van der Waals surface area contributed by atoms with Crippen molar-refractivity contribution < 1.29 is 15.0 Å². The summed E-state index contributed by atoms with van der Waals surface area (Å²) in [5.41, 5.74) is 0. The van der Waals surface area contributed by atoms with Crippen LogP contribution in [0.3, 0.4) is 0 Å². The largest absolute Gasteiger partial charge is 0.360 e. The van der Waals surface area contributed by atoms with Gasteiger partial charge < -0.3 is 10.2 Å². The highest BCUT2D eigenvalue weighted by Crippen LogP contribution is 2.14. The molecule has 0 rings (SSSR count). The van der Waals surface area contributed by atoms with Crippen LogP contribution in [0.25, 0.3) is 0 Å². The number of unbranched alkanes of at least 4 members (excludes halogenated alkanes) is 11. The third-order valence-electron chi connectivity index (χ3n) is 4.46. The Kier molecular flexibility index (Phi) is 15.4. The van der Waals surface area contributed by atoms with Crippen molar-refractivity contribution in [3.63, 3.8) is 0 Å². The van der Waals surface area contributed by atoms with E-state index in [1.807, 2.05) is 0 Å². The molecule has 0 amide bonds. The molecule has 0 aliphatic carbocycles. The molecule has 0 unspecified atom stereocenters.